The predicted octanol–water partition coefficient (Wildman–Crippen LogP) is 1.91. The average Bonchev–Trinajstić information content (AvgIpc) is 2.81. The van der Waals surface area contributed by atoms with Crippen LogP contribution in [0.1, 0.15) is 46.5 Å². The molecule has 1 aliphatic rings. The number of nitrogens with zero attached hydrogens (tertiary/aromatic N) is 2. The fourth-order valence-electron chi connectivity index (χ4n) is 2.72. The van der Waals surface area contributed by atoms with E-state index >= 15 is 0 Å². The van der Waals surface area contributed by atoms with E-state index in [9.17, 15) is 9.59 Å². The standard InChI is InChI=1S/C16H30N2O3/c1-6-13(18-9-7-8-14(18)19)12-16(2,3)15(20)21-11-10-17(4)5/h13H,6-12H2,1-5H3. The van der Waals surface area contributed by atoms with Crippen molar-refractivity contribution in [2.24, 2.45) is 5.41 Å². The van der Waals surface area contributed by atoms with Crippen molar-refractivity contribution >= 4 is 11.9 Å². The zero-order valence-electron chi connectivity index (χ0n) is 14.1. The second kappa shape index (κ2) is 7.78. The lowest BCUT2D eigenvalue weighted by Crippen LogP contribution is -2.41. The Labute approximate surface area is 128 Å². The highest BCUT2D eigenvalue weighted by atomic mass is 16.5. The van der Waals surface area contributed by atoms with Crippen LogP contribution in [0.15, 0.2) is 0 Å². The molecule has 5 heteroatoms. The smallest absolute Gasteiger partial charge is 0.311 e. The van der Waals surface area contributed by atoms with Crippen molar-refractivity contribution in [3.05, 3.63) is 0 Å². The molecule has 0 aromatic rings. The highest BCUT2D eigenvalue weighted by Crippen LogP contribution is 2.29. The van der Waals surface area contributed by atoms with Gasteiger partial charge in [0, 0.05) is 25.6 Å². The van der Waals surface area contributed by atoms with Crippen LogP contribution in [0.25, 0.3) is 0 Å². The molecular formula is C16H30N2O3. The Hall–Kier alpha value is -1.10. The Morgan fingerprint density at radius 3 is 2.57 bits per heavy atom. The summed E-state index contributed by atoms with van der Waals surface area (Å²) in [5, 5.41) is 0. The van der Waals surface area contributed by atoms with Gasteiger partial charge >= 0.3 is 5.97 Å². The number of amides is 1. The summed E-state index contributed by atoms with van der Waals surface area (Å²) in [7, 11) is 3.90. The van der Waals surface area contributed by atoms with E-state index in [2.05, 4.69) is 6.92 Å². The number of likely N-dealkylation sites (N-methyl/N-ethyl adjacent to an activating group) is 1. The number of rotatable bonds is 8. The lowest BCUT2D eigenvalue weighted by molar-refractivity contribution is -0.156. The molecule has 0 aromatic heterocycles. The van der Waals surface area contributed by atoms with E-state index in [-0.39, 0.29) is 17.9 Å². The van der Waals surface area contributed by atoms with Gasteiger partial charge in [0.05, 0.1) is 5.41 Å². The second-order valence-electron chi connectivity index (χ2n) is 6.78. The third kappa shape index (κ3) is 5.30. The molecular weight excluding hydrogens is 268 g/mol. The molecule has 0 spiro atoms. The van der Waals surface area contributed by atoms with Gasteiger partial charge in [-0.1, -0.05) is 6.92 Å². The molecule has 1 heterocycles. The molecule has 1 rings (SSSR count). The van der Waals surface area contributed by atoms with Gasteiger partial charge in [-0.2, -0.15) is 0 Å². The molecule has 0 radical (unpaired) electrons. The van der Waals surface area contributed by atoms with Gasteiger partial charge in [-0.05, 0) is 47.2 Å². The van der Waals surface area contributed by atoms with Crippen molar-refractivity contribution in [3.8, 4) is 0 Å². The van der Waals surface area contributed by atoms with Gasteiger partial charge < -0.3 is 14.5 Å². The molecule has 1 saturated heterocycles. The number of ether oxygens (including phenoxy) is 1. The topological polar surface area (TPSA) is 49.9 Å². The van der Waals surface area contributed by atoms with Crippen LogP contribution in [0.5, 0.6) is 0 Å². The Bertz CT molecular complexity index is 367. The van der Waals surface area contributed by atoms with Crippen LogP contribution in [0, 0.1) is 5.41 Å². The van der Waals surface area contributed by atoms with Gasteiger partial charge in [0.2, 0.25) is 5.91 Å². The molecule has 0 aromatic carbocycles. The van der Waals surface area contributed by atoms with Crippen LogP contribution in [0.3, 0.4) is 0 Å². The van der Waals surface area contributed by atoms with Crippen molar-refractivity contribution in [2.45, 2.75) is 52.5 Å². The minimum Gasteiger partial charge on any atom is -0.464 e. The molecule has 122 valence electrons. The largest absolute Gasteiger partial charge is 0.464 e. The molecule has 0 N–H and O–H groups in total. The first-order valence-electron chi connectivity index (χ1n) is 7.89. The first-order valence-corrected chi connectivity index (χ1v) is 7.89. The fourth-order valence-corrected chi connectivity index (χ4v) is 2.72. The second-order valence-corrected chi connectivity index (χ2v) is 6.78. The van der Waals surface area contributed by atoms with Crippen LogP contribution in [-0.2, 0) is 14.3 Å². The quantitative estimate of drug-likeness (QED) is 0.642. The number of hydrogen-bond donors (Lipinski definition) is 0. The maximum absolute atomic E-state index is 12.2. The van der Waals surface area contributed by atoms with E-state index in [0.29, 0.717) is 19.4 Å². The van der Waals surface area contributed by atoms with Gasteiger partial charge in [-0.15, -0.1) is 0 Å². The van der Waals surface area contributed by atoms with E-state index < -0.39 is 5.41 Å². The van der Waals surface area contributed by atoms with Crippen molar-refractivity contribution in [1.29, 1.82) is 0 Å². The Balaban J connectivity index is 2.55. The monoisotopic (exact) mass is 298 g/mol. The van der Waals surface area contributed by atoms with E-state index in [1.165, 1.54) is 0 Å². The lowest BCUT2D eigenvalue weighted by atomic mass is 9.84. The summed E-state index contributed by atoms with van der Waals surface area (Å²) in [5.74, 6) is 0.0491. The molecule has 0 aliphatic carbocycles. The van der Waals surface area contributed by atoms with Crippen LogP contribution in [-0.4, -0.2) is 61.5 Å². The van der Waals surface area contributed by atoms with Crippen molar-refractivity contribution in [3.63, 3.8) is 0 Å². The number of likely N-dealkylation sites (tertiary alicyclic amines) is 1. The Kier molecular flexibility index (Phi) is 6.65. The van der Waals surface area contributed by atoms with Crippen molar-refractivity contribution in [1.82, 2.24) is 9.80 Å². The molecule has 0 saturated carbocycles. The van der Waals surface area contributed by atoms with Crippen molar-refractivity contribution in [2.75, 3.05) is 33.8 Å². The highest BCUT2D eigenvalue weighted by molar-refractivity contribution is 5.79. The maximum atomic E-state index is 12.2. The van der Waals surface area contributed by atoms with E-state index in [4.69, 9.17) is 4.74 Å². The molecule has 1 amide bonds. The zero-order valence-corrected chi connectivity index (χ0v) is 14.1. The average molecular weight is 298 g/mol. The van der Waals surface area contributed by atoms with Gasteiger partial charge in [0.25, 0.3) is 0 Å². The number of hydrogen-bond acceptors (Lipinski definition) is 4. The minimum atomic E-state index is -0.560. The summed E-state index contributed by atoms with van der Waals surface area (Å²) in [6.07, 6.45) is 3.11. The number of carbonyl (C=O) groups is 2. The first-order chi connectivity index (χ1) is 9.77. The third-order valence-electron chi connectivity index (χ3n) is 4.09. The molecule has 21 heavy (non-hydrogen) atoms. The van der Waals surface area contributed by atoms with E-state index in [1.54, 1.807) is 0 Å². The summed E-state index contributed by atoms with van der Waals surface area (Å²) in [5.41, 5.74) is -0.560. The molecule has 1 fully saturated rings. The Morgan fingerprint density at radius 1 is 1.43 bits per heavy atom. The van der Waals surface area contributed by atoms with Crippen LogP contribution in [0.4, 0.5) is 0 Å². The van der Waals surface area contributed by atoms with Gasteiger partial charge in [-0.25, -0.2) is 0 Å². The summed E-state index contributed by atoms with van der Waals surface area (Å²) in [6.45, 7) is 7.85. The summed E-state index contributed by atoms with van der Waals surface area (Å²) >= 11 is 0. The normalized spacial score (nSPS) is 17.4. The number of carbonyl (C=O) groups excluding carboxylic acids is 2. The minimum absolute atomic E-state index is 0.136. The fraction of sp³-hybridized carbons (Fsp3) is 0.875. The summed E-state index contributed by atoms with van der Waals surface area (Å²) in [6, 6.07) is 0.136. The molecule has 0 bridgehead atoms. The van der Waals surface area contributed by atoms with Gasteiger partial charge in [0.15, 0.2) is 0 Å². The third-order valence-corrected chi connectivity index (χ3v) is 4.09. The first kappa shape index (κ1) is 18.0. The SMILES string of the molecule is CCC(CC(C)(C)C(=O)OCCN(C)C)N1CCCC1=O. The predicted molar refractivity (Wildman–Crippen MR) is 82.9 cm³/mol. The van der Waals surface area contributed by atoms with Gasteiger partial charge in [-0.3, -0.25) is 9.59 Å². The van der Waals surface area contributed by atoms with Crippen LogP contribution >= 0.6 is 0 Å². The molecule has 1 atom stereocenters. The molecule has 1 aliphatic heterocycles. The zero-order chi connectivity index (χ0) is 16.0. The van der Waals surface area contributed by atoms with E-state index in [1.807, 2.05) is 37.7 Å². The summed E-state index contributed by atoms with van der Waals surface area (Å²) in [4.78, 5) is 28.1. The Morgan fingerprint density at radius 2 is 2.10 bits per heavy atom. The number of esters is 1. The highest BCUT2D eigenvalue weighted by Gasteiger charge is 2.36. The lowest BCUT2D eigenvalue weighted by Gasteiger charge is -2.33. The van der Waals surface area contributed by atoms with Crippen LogP contribution in [0.2, 0.25) is 0 Å². The molecule has 5 nitrogen and oxygen atoms in total. The summed E-state index contributed by atoms with van der Waals surface area (Å²) < 4.78 is 5.37. The van der Waals surface area contributed by atoms with E-state index in [0.717, 1.165) is 25.9 Å². The molecule has 1 unspecified atom stereocenters. The maximum Gasteiger partial charge on any atom is 0.311 e. The van der Waals surface area contributed by atoms with Crippen molar-refractivity contribution < 1.29 is 14.3 Å². The van der Waals surface area contributed by atoms with Crippen LogP contribution < -0.4 is 0 Å². The van der Waals surface area contributed by atoms with Gasteiger partial charge in [0.1, 0.15) is 6.61 Å².